The molecule has 0 aromatic heterocycles. The molecule has 0 rings (SSSR count). The molecule has 0 fully saturated rings. The zero-order chi connectivity index (χ0) is 14.1. The van der Waals surface area contributed by atoms with Crippen LogP contribution in [0.3, 0.4) is 0 Å². The first-order valence-corrected chi connectivity index (χ1v) is 6.16. The zero-order valence-corrected chi connectivity index (χ0v) is 11.6. The summed E-state index contributed by atoms with van der Waals surface area (Å²) in [7, 11) is 0. The van der Waals surface area contributed by atoms with Crippen molar-refractivity contribution in [3.05, 3.63) is 0 Å². The normalized spacial score (nSPS) is 15.6. The van der Waals surface area contributed by atoms with Gasteiger partial charge in [0.25, 0.3) is 0 Å². The standard InChI is InChI=1S/C12H22O6/c1-6-8(3)15-17-11(13)10(5)12(14)18-16-9(4)7-2/h8-10H,6-7H2,1-5H3. The fraction of sp³-hybridized carbons (Fsp3) is 0.833. The van der Waals surface area contributed by atoms with Crippen LogP contribution in [0.2, 0.25) is 0 Å². The molecular weight excluding hydrogens is 240 g/mol. The van der Waals surface area contributed by atoms with E-state index in [4.69, 9.17) is 9.78 Å². The minimum Gasteiger partial charge on any atom is -0.297 e. The predicted molar refractivity (Wildman–Crippen MR) is 63.0 cm³/mol. The van der Waals surface area contributed by atoms with Crippen LogP contribution in [0.25, 0.3) is 0 Å². The third-order valence-corrected chi connectivity index (χ3v) is 2.45. The number of carbonyl (C=O) groups is 2. The second-order valence-electron chi connectivity index (χ2n) is 4.16. The van der Waals surface area contributed by atoms with Crippen molar-refractivity contribution in [1.82, 2.24) is 0 Å². The summed E-state index contributed by atoms with van der Waals surface area (Å²) in [6, 6.07) is 0. The van der Waals surface area contributed by atoms with E-state index in [1.165, 1.54) is 6.92 Å². The second kappa shape index (κ2) is 8.88. The molecule has 0 N–H and O–H groups in total. The smallest absolute Gasteiger partial charge is 0.297 e. The molecule has 0 aromatic carbocycles. The fourth-order valence-corrected chi connectivity index (χ4v) is 0.636. The molecule has 0 radical (unpaired) electrons. The van der Waals surface area contributed by atoms with E-state index in [1.54, 1.807) is 13.8 Å². The molecule has 0 spiro atoms. The van der Waals surface area contributed by atoms with Crippen molar-refractivity contribution in [1.29, 1.82) is 0 Å². The topological polar surface area (TPSA) is 71.1 Å². The van der Waals surface area contributed by atoms with Crippen LogP contribution in [0, 0.1) is 5.92 Å². The monoisotopic (exact) mass is 262 g/mol. The molecule has 0 bridgehead atoms. The molecule has 0 saturated carbocycles. The zero-order valence-electron chi connectivity index (χ0n) is 11.6. The third kappa shape index (κ3) is 6.56. The van der Waals surface area contributed by atoms with Crippen molar-refractivity contribution in [2.24, 2.45) is 5.92 Å². The largest absolute Gasteiger partial charge is 0.356 e. The van der Waals surface area contributed by atoms with E-state index in [2.05, 4.69) is 9.78 Å². The van der Waals surface area contributed by atoms with Crippen LogP contribution in [-0.4, -0.2) is 24.1 Å². The Morgan fingerprint density at radius 3 is 1.44 bits per heavy atom. The molecule has 0 saturated heterocycles. The van der Waals surface area contributed by atoms with E-state index < -0.39 is 17.9 Å². The summed E-state index contributed by atoms with van der Waals surface area (Å²) in [5.74, 6) is -2.68. The van der Waals surface area contributed by atoms with Gasteiger partial charge in [0.05, 0.1) is 0 Å². The van der Waals surface area contributed by atoms with Gasteiger partial charge in [-0.2, -0.15) is 9.78 Å². The molecule has 2 atom stereocenters. The van der Waals surface area contributed by atoms with Gasteiger partial charge in [-0.15, -0.1) is 0 Å². The van der Waals surface area contributed by atoms with Crippen LogP contribution in [0.15, 0.2) is 0 Å². The SMILES string of the molecule is CCC(C)OOC(=O)C(C)C(=O)OOC(C)CC. The first kappa shape index (κ1) is 16.9. The van der Waals surface area contributed by atoms with E-state index in [0.29, 0.717) is 12.8 Å². The summed E-state index contributed by atoms with van der Waals surface area (Å²) in [5, 5.41) is 0. The minimum atomic E-state index is -1.09. The van der Waals surface area contributed by atoms with E-state index in [1.807, 2.05) is 13.8 Å². The van der Waals surface area contributed by atoms with Crippen LogP contribution >= 0.6 is 0 Å². The van der Waals surface area contributed by atoms with Gasteiger partial charge in [-0.3, -0.25) is 9.78 Å². The van der Waals surface area contributed by atoms with Crippen LogP contribution in [0.4, 0.5) is 0 Å². The number of rotatable bonds is 8. The molecule has 0 heterocycles. The summed E-state index contributed by atoms with van der Waals surface area (Å²) in [4.78, 5) is 41.4. The first-order valence-electron chi connectivity index (χ1n) is 6.16. The van der Waals surface area contributed by atoms with Gasteiger partial charge in [0, 0.05) is 0 Å². The highest BCUT2D eigenvalue weighted by atomic mass is 17.2. The van der Waals surface area contributed by atoms with E-state index in [9.17, 15) is 9.59 Å². The molecule has 0 aliphatic heterocycles. The van der Waals surface area contributed by atoms with Crippen molar-refractivity contribution in [3.63, 3.8) is 0 Å². The summed E-state index contributed by atoms with van der Waals surface area (Å²) >= 11 is 0. The van der Waals surface area contributed by atoms with Gasteiger partial charge in [0.1, 0.15) is 12.2 Å². The van der Waals surface area contributed by atoms with Crippen molar-refractivity contribution in [3.8, 4) is 0 Å². The summed E-state index contributed by atoms with van der Waals surface area (Å²) in [6.07, 6.45) is 0.967. The van der Waals surface area contributed by atoms with Gasteiger partial charge in [-0.1, -0.05) is 13.8 Å². The Labute approximate surface area is 107 Å². The highest BCUT2D eigenvalue weighted by Crippen LogP contribution is 2.07. The molecule has 0 amide bonds. The molecule has 0 aliphatic carbocycles. The van der Waals surface area contributed by atoms with Crippen LogP contribution in [-0.2, 0) is 29.1 Å². The third-order valence-electron chi connectivity index (χ3n) is 2.45. The lowest BCUT2D eigenvalue weighted by molar-refractivity contribution is -0.309. The van der Waals surface area contributed by atoms with Crippen molar-refractivity contribution >= 4 is 11.9 Å². The van der Waals surface area contributed by atoms with Crippen molar-refractivity contribution < 1.29 is 29.1 Å². The molecule has 6 nitrogen and oxygen atoms in total. The molecule has 18 heavy (non-hydrogen) atoms. The van der Waals surface area contributed by atoms with Gasteiger partial charge in [0.15, 0.2) is 5.92 Å². The maximum atomic E-state index is 11.4. The van der Waals surface area contributed by atoms with Crippen LogP contribution in [0.5, 0.6) is 0 Å². The Morgan fingerprint density at radius 1 is 0.833 bits per heavy atom. The minimum absolute atomic E-state index is 0.214. The van der Waals surface area contributed by atoms with E-state index in [-0.39, 0.29) is 12.2 Å². The lowest BCUT2D eigenvalue weighted by Crippen LogP contribution is -2.27. The fourth-order valence-electron chi connectivity index (χ4n) is 0.636. The number of hydrogen-bond donors (Lipinski definition) is 0. The Hall–Kier alpha value is -1.14. The Bertz CT molecular complexity index is 239. The summed E-state index contributed by atoms with van der Waals surface area (Å²) in [5.41, 5.74) is 0. The molecule has 2 unspecified atom stereocenters. The molecule has 106 valence electrons. The predicted octanol–water partition coefficient (Wildman–Crippen LogP) is 2.17. The molecule has 6 heteroatoms. The Balaban J connectivity index is 4.01. The number of carbonyl (C=O) groups excluding carboxylic acids is 2. The first-order chi connectivity index (χ1) is 8.42. The van der Waals surface area contributed by atoms with Gasteiger partial charge < -0.3 is 0 Å². The Morgan fingerprint density at radius 2 is 1.17 bits per heavy atom. The van der Waals surface area contributed by atoms with Gasteiger partial charge in [-0.25, -0.2) is 9.59 Å². The highest BCUT2D eigenvalue weighted by Gasteiger charge is 2.27. The lowest BCUT2D eigenvalue weighted by Gasteiger charge is -2.13. The van der Waals surface area contributed by atoms with Gasteiger partial charge in [-0.05, 0) is 33.6 Å². The van der Waals surface area contributed by atoms with Gasteiger partial charge in [0.2, 0.25) is 0 Å². The summed E-state index contributed by atoms with van der Waals surface area (Å²) in [6.45, 7) is 8.64. The molecule has 0 aliphatic rings. The van der Waals surface area contributed by atoms with Gasteiger partial charge >= 0.3 is 11.9 Å². The van der Waals surface area contributed by atoms with Crippen LogP contribution < -0.4 is 0 Å². The molecular formula is C12H22O6. The van der Waals surface area contributed by atoms with E-state index >= 15 is 0 Å². The molecule has 0 aromatic rings. The maximum absolute atomic E-state index is 11.4. The summed E-state index contributed by atoms with van der Waals surface area (Å²) < 4.78 is 0. The lowest BCUT2D eigenvalue weighted by atomic mass is 10.2. The Kier molecular flexibility index (Phi) is 8.32. The average molecular weight is 262 g/mol. The van der Waals surface area contributed by atoms with E-state index in [0.717, 1.165) is 0 Å². The second-order valence-corrected chi connectivity index (χ2v) is 4.16. The maximum Gasteiger partial charge on any atom is 0.356 e. The highest BCUT2D eigenvalue weighted by molar-refractivity contribution is 5.93. The quantitative estimate of drug-likeness (QED) is 0.379. The van der Waals surface area contributed by atoms with Crippen LogP contribution in [0.1, 0.15) is 47.5 Å². The average Bonchev–Trinajstić information content (AvgIpc) is 2.39. The van der Waals surface area contributed by atoms with Crippen molar-refractivity contribution in [2.45, 2.75) is 59.7 Å². The number of hydrogen-bond acceptors (Lipinski definition) is 6. The van der Waals surface area contributed by atoms with Crippen molar-refractivity contribution in [2.75, 3.05) is 0 Å².